The highest BCUT2D eigenvalue weighted by Gasteiger charge is 2.69. The summed E-state index contributed by atoms with van der Waals surface area (Å²) in [6.45, 7) is 4.02. The van der Waals surface area contributed by atoms with Gasteiger partial charge in [-0.1, -0.05) is 17.3 Å². The number of carbonyl (C=O) groups excluding carboxylic acids is 1. The normalized spacial score (nSPS) is 33.7. The lowest BCUT2D eigenvalue weighted by Crippen LogP contribution is -2.65. The molecule has 9 heteroatoms. The van der Waals surface area contributed by atoms with E-state index in [9.17, 15) is 9.18 Å². The fourth-order valence-corrected chi connectivity index (χ4v) is 8.84. The molecule has 42 heavy (non-hydrogen) atoms. The van der Waals surface area contributed by atoms with Crippen LogP contribution in [0.3, 0.4) is 0 Å². The number of carbonyl (C=O) groups is 1. The Bertz CT molecular complexity index is 1460. The Morgan fingerprint density at radius 2 is 1.79 bits per heavy atom. The molecular weight excluding hydrogens is 535 g/mol. The molecule has 6 aliphatic carbocycles. The molecule has 222 valence electrons. The van der Waals surface area contributed by atoms with Gasteiger partial charge in [-0.15, -0.1) is 0 Å². The van der Waals surface area contributed by atoms with Gasteiger partial charge in [-0.25, -0.2) is 9.37 Å². The highest BCUT2D eigenvalue weighted by molar-refractivity contribution is 5.95. The number of aromatic nitrogens is 3. The molecule has 0 unspecified atom stereocenters. The fourth-order valence-electron chi connectivity index (χ4n) is 8.84. The molecule has 0 N–H and O–H groups in total. The van der Waals surface area contributed by atoms with Crippen molar-refractivity contribution in [1.29, 1.82) is 0 Å². The molecule has 1 aromatic carbocycles. The highest BCUT2D eigenvalue weighted by Crippen LogP contribution is 2.71. The van der Waals surface area contributed by atoms with Gasteiger partial charge in [-0.2, -0.15) is 4.98 Å². The number of aryl methyl sites for hydroxylation is 1. The number of oxazole rings is 1. The lowest BCUT2D eigenvalue weighted by atomic mass is 9.41. The van der Waals surface area contributed by atoms with Crippen molar-refractivity contribution in [2.24, 2.45) is 10.8 Å². The molecule has 7 fully saturated rings. The summed E-state index contributed by atoms with van der Waals surface area (Å²) >= 11 is 0. The predicted octanol–water partition coefficient (Wildman–Crippen LogP) is 6.83. The van der Waals surface area contributed by atoms with E-state index in [-0.39, 0.29) is 28.1 Å². The Labute approximate surface area is 245 Å². The van der Waals surface area contributed by atoms with Gasteiger partial charge in [-0.05, 0) is 101 Å². The van der Waals surface area contributed by atoms with Crippen LogP contribution in [0.1, 0.15) is 101 Å². The maximum Gasteiger partial charge on any atom is 0.232 e. The van der Waals surface area contributed by atoms with Gasteiger partial charge in [-0.3, -0.25) is 4.79 Å². The number of rotatable bonds is 8. The van der Waals surface area contributed by atoms with Crippen LogP contribution in [0, 0.1) is 17.8 Å². The Morgan fingerprint density at radius 1 is 1.05 bits per heavy atom. The number of anilines is 1. The number of fused-ring (bicyclic) bond motifs is 3. The van der Waals surface area contributed by atoms with Crippen molar-refractivity contribution in [3.05, 3.63) is 48.1 Å². The minimum Gasteiger partial charge on any atom is -0.440 e. The van der Waals surface area contributed by atoms with E-state index in [4.69, 9.17) is 13.7 Å². The monoisotopic (exact) mass is 574 g/mol. The maximum absolute atomic E-state index is 14.4. The Morgan fingerprint density at radius 3 is 2.45 bits per heavy atom. The molecule has 3 heterocycles. The fraction of sp³-hybridized carbons (Fsp3) is 0.636. The molecule has 6 saturated carbocycles. The second-order valence-electron chi connectivity index (χ2n) is 14.3. The first-order valence-corrected chi connectivity index (χ1v) is 15.7. The van der Waals surface area contributed by atoms with Gasteiger partial charge in [0.25, 0.3) is 0 Å². The number of amides is 1. The summed E-state index contributed by atoms with van der Waals surface area (Å²) in [4.78, 5) is 25.3. The van der Waals surface area contributed by atoms with E-state index in [1.54, 1.807) is 6.20 Å². The van der Waals surface area contributed by atoms with Crippen molar-refractivity contribution in [2.45, 2.75) is 101 Å². The molecule has 0 spiro atoms. The molecule has 7 aliphatic rings. The summed E-state index contributed by atoms with van der Waals surface area (Å²) in [5, 5.41) is 4.06. The van der Waals surface area contributed by atoms with Gasteiger partial charge in [0.05, 0.1) is 6.20 Å². The Hall–Kier alpha value is -3.07. The van der Waals surface area contributed by atoms with Crippen LogP contribution >= 0.6 is 0 Å². The van der Waals surface area contributed by atoms with E-state index >= 15 is 0 Å². The van der Waals surface area contributed by atoms with Crippen LogP contribution in [0.2, 0.25) is 0 Å². The molecule has 2 aromatic heterocycles. The number of benzene rings is 1. The number of hydrogen-bond acceptors (Lipinski definition) is 7. The summed E-state index contributed by atoms with van der Waals surface area (Å²) < 4.78 is 31.8. The lowest BCUT2D eigenvalue weighted by molar-refractivity contribution is -0.215. The van der Waals surface area contributed by atoms with Crippen molar-refractivity contribution in [1.82, 2.24) is 15.1 Å². The Kier molecular flexibility index (Phi) is 5.98. The first-order chi connectivity index (χ1) is 20.3. The zero-order valence-corrected chi connectivity index (χ0v) is 24.4. The van der Waals surface area contributed by atoms with Crippen LogP contribution in [0.5, 0.6) is 0 Å². The average Bonchev–Trinajstić information content (AvgIpc) is 3.66. The summed E-state index contributed by atoms with van der Waals surface area (Å²) in [7, 11) is 0. The zero-order valence-electron chi connectivity index (χ0n) is 24.4. The molecule has 10 rings (SSSR count). The molecule has 1 aliphatic heterocycles. The van der Waals surface area contributed by atoms with Gasteiger partial charge < -0.3 is 18.6 Å². The number of ether oxygens (including phenoxy) is 1. The van der Waals surface area contributed by atoms with E-state index in [1.807, 2.05) is 30.0 Å². The van der Waals surface area contributed by atoms with Crippen molar-refractivity contribution in [2.75, 3.05) is 24.7 Å². The van der Waals surface area contributed by atoms with Gasteiger partial charge in [0, 0.05) is 48.8 Å². The molecule has 8 nitrogen and oxygen atoms in total. The van der Waals surface area contributed by atoms with E-state index in [2.05, 4.69) is 21.2 Å². The first-order valence-electron chi connectivity index (χ1n) is 15.7. The number of nitrogens with zero attached hydrogens (tertiary/aromatic N) is 4. The van der Waals surface area contributed by atoms with Crippen LogP contribution in [0.25, 0.3) is 11.3 Å². The summed E-state index contributed by atoms with van der Waals surface area (Å²) in [5.74, 6) is 3.34. The van der Waals surface area contributed by atoms with Crippen molar-refractivity contribution < 1.29 is 22.9 Å². The van der Waals surface area contributed by atoms with E-state index in [0.29, 0.717) is 38.1 Å². The molecule has 1 amide bonds. The summed E-state index contributed by atoms with van der Waals surface area (Å²) in [5.41, 5.74) is 0.653. The van der Waals surface area contributed by atoms with Crippen LogP contribution < -0.4 is 4.90 Å². The Balaban J connectivity index is 1.05. The lowest BCUT2D eigenvalue weighted by Gasteiger charge is -2.66. The standard InChI is InChI=1S/C33H39FN4O4/c1-22-36-29(42-37-22)32-10-7-30(8-11-32,9-12-32)21-38(27(39)16-31-18-33(34,19-31)20-31)25-4-2-3-24(15-25)26-17-35-28(41-26)23-5-13-40-14-6-23/h2-4,15,17,23H,5-14,16,18-21H2,1H3. The third kappa shape index (κ3) is 4.41. The minimum absolute atomic E-state index is 0.0342. The van der Waals surface area contributed by atoms with E-state index < -0.39 is 5.67 Å². The maximum atomic E-state index is 14.4. The predicted molar refractivity (Wildman–Crippen MR) is 153 cm³/mol. The zero-order chi connectivity index (χ0) is 28.6. The largest absolute Gasteiger partial charge is 0.440 e. The van der Waals surface area contributed by atoms with Gasteiger partial charge in [0.1, 0.15) is 5.67 Å². The third-order valence-corrected chi connectivity index (χ3v) is 11.3. The second kappa shape index (κ2) is 9.46. The van der Waals surface area contributed by atoms with Crippen LogP contribution in [0.4, 0.5) is 10.1 Å². The summed E-state index contributed by atoms with van der Waals surface area (Å²) in [6, 6.07) is 8.12. The molecule has 1 saturated heterocycles. The first kappa shape index (κ1) is 26.5. The topological polar surface area (TPSA) is 94.5 Å². The second-order valence-corrected chi connectivity index (χ2v) is 14.3. The molecular formula is C33H39FN4O4. The number of halogens is 1. The molecule has 3 aromatic rings. The van der Waals surface area contributed by atoms with Gasteiger partial charge in [0.15, 0.2) is 17.5 Å². The average molecular weight is 575 g/mol. The minimum atomic E-state index is -1.01. The van der Waals surface area contributed by atoms with E-state index in [1.165, 1.54) is 0 Å². The summed E-state index contributed by atoms with van der Waals surface area (Å²) in [6.07, 6.45) is 11.7. The van der Waals surface area contributed by atoms with Crippen molar-refractivity contribution >= 4 is 11.6 Å². The van der Waals surface area contributed by atoms with Gasteiger partial charge in [0.2, 0.25) is 11.8 Å². The number of hydrogen-bond donors (Lipinski definition) is 0. The van der Waals surface area contributed by atoms with Crippen LogP contribution in [-0.2, 0) is 14.9 Å². The third-order valence-electron chi connectivity index (χ3n) is 11.3. The molecule has 4 bridgehead atoms. The van der Waals surface area contributed by atoms with Crippen LogP contribution in [0.15, 0.2) is 39.4 Å². The van der Waals surface area contributed by atoms with Crippen molar-refractivity contribution in [3.63, 3.8) is 0 Å². The van der Waals surface area contributed by atoms with Crippen LogP contribution in [-0.4, -0.2) is 46.5 Å². The van der Waals surface area contributed by atoms with Gasteiger partial charge >= 0.3 is 0 Å². The molecule has 0 atom stereocenters. The van der Waals surface area contributed by atoms with E-state index in [0.717, 1.165) is 93.4 Å². The highest BCUT2D eigenvalue weighted by atomic mass is 19.1. The SMILES string of the molecule is Cc1noc(C23CCC(CN(C(=O)CC45CC(F)(C4)C5)c4cccc(-c5cnc(C6CCOCC6)o5)c4)(CC2)CC3)n1. The number of alkyl halides is 1. The smallest absolute Gasteiger partial charge is 0.232 e. The van der Waals surface area contributed by atoms with Crippen molar-refractivity contribution in [3.8, 4) is 11.3 Å². The quantitative estimate of drug-likeness (QED) is 0.291. The molecule has 0 radical (unpaired) electrons.